The van der Waals surface area contributed by atoms with Crippen molar-refractivity contribution in [1.29, 1.82) is 0 Å². The van der Waals surface area contributed by atoms with Gasteiger partial charge in [0.2, 0.25) is 23.6 Å². The van der Waals surface area contributed by atoms with Gasteiger partial charge in [0.1, 0.15) is 41.8 Å². The van der Waals surface area contributed by atoms with Crippen molar-refractivity contribution < 1.29 is 38.1 Å². The summed E-state index contributed by atoms with van der Waals surface area (Å²) in [5.41, 5.74) is 7.14. The number of likely N-dealkylation sites (tertiary alicyclic amines) is 1. The van der Waals surface area contributed by atoms with E-state index in [4.69, 9.17) is 19.6 Å². The zero-order chi connectivity index (χ0) is 53.3. The number of thiazole rings is 1. The van der Waals surface area contributed by atoms with Crippen molar-refractivity contribution in [2.75, 3.05) is 88.6 Å². The van der Waals surface area contributed by atoms with Crippen molar-refractivity contribution in [2.24, 2.45) is 5.41 Å². The summed E-state index contributed by atoms with van der Waals surface area (Å²) in [5, 5.41) is 24.2. The number of hydrogen-bond acceptors (Lipinski definition) is 15. The summed E-state index contributed by atoms with van der Waals surface area (Å²) in [4.78, 5) is 76.3. The topological polar surface area (TPSA) is 212 Å². The molecule has 0 radical (unpaired) electrons. The molecule has 6 aromatic rings. The number of anilines is 2. The number of fused-ring (bicyclic) bond motifs is 1. The zero-order valence-corrected chi connectivity index (χ0v) is 44.3. The van der Waals surface area contributed by atoms with Crippen molar-refractivity contribution in [3.8, 4) is 21.8 Å². The number of hydrogen-bond donors (Lipinski definition) is 4. The Morgan fingerprint density at radius 1 is 0.882 bits per heavy atom. The van der Waals surface area contributed by atoms with Gasteiger partial charge in [-0.3, -0.25) is 24.1 Å². The Bertz CT molecular complexity index is 2980. The van der Waals surface area contributed by atoms with E-state index in [1.807, 2.05) is 98.4 Å². The van der Waals surface area contributed by atoms with Gasteiger partial charge in [0.15, 0.2) is 5.65 Å². The van der Waals surface area contributed by atoms with Crippen LogP contribution in [0.5, 0.6) is 0 Å². The van der Waals surface area contributed by atoms with Crippen molar-refractivity contribution in [2.45, 2.75) is 77.7 Å². The zero-order valence-electron chi connectivity index (χ0n) is 43.5. The first-order chi connectivity index (χ1) is 36.7. The molecule has 3 aliphatic rings. The Morgan fingerprint density at radius 3 is 2.43 bits per heavy atom. The van der Waals surface area contributed by atoms with Crippen LogP contribution < -0.4 is 25.8 Å². The maximum absolute atomic E-state index is 14.1. The third kappa shape index (κ3) is 13.2. The molecular formula is C55H67FN12O7S. The Hall–Kier alpha value is -6.91. The average Bonchev–Trinajstić information content (AvgIpc) is 4.25. The number of imidazole rings is 1. The number of rotatable bonds is 20. The van der Waals surface area contributed by atoms with E-state index in [-0.39, 0.29) is 76.2 Å². The van der Waals surface area contributed by atoms with Crippen LogP contribution >= 0.6 is 11.3 Å². The predicted octanol–water partition coefficient (Wildman–Crippen LogP) is 4.78. The number of nitrogens with one attached hydrogen (secondary N) is 3. The largest absolute Gasteiger partial charge is 0.391 e. The maximum Gasteiger partial charge on any atom is 0.246 e. The number of β-amino-alcohol motifs (C(OH)–C–C–N with tert-alkyl or cyclic N) is 1. The van der Waals surface area contributed by atoms with E-state index >= 15 is 0 Å². The van der Waals surface area contributed by atoms with E-state index in [1.54, 1.807) is 29.7 Å². The van der Waals surface area contributed by atoms with Gasteiger partial charge in [-0.15, -0.1) is 16.4 Å². The van der Waals surface area contributed by atoms with E-state index in [0.29, 0.717) is 38.4 Å². The second kappa shape index (κ2) is 24.4. The molecule has 3 saturated heterocycles. The molecule has 0 aliphatic carbocycles. The molecule has 7 heterocycles. The number of aliphatic hydroxyl groups excluding tert-OH is 1. The molecule has 0 spiro atoms. The summed E-state index contributed by atoms with van der Waals surface area (Å²) in [6.45, 7) is 12.0. The first kappa shape index (κ1) is 53.9. The number of pyridine rings is 1. The molecule has 19 nitrogen and oxygen atoms in total. The highest BCUT2D eigenvalue weighted by Crippen LogP contribution is 2.36. The third-order valence-electron chi connectivity index (χ3n) is 14.1. The van der Waals surface area contributed by atoms with Crippen LogP contribution in [0.2, 0.25) is 0 Å². The molecular weight excluding hydrogens is 992 g/mol. The van der Waals surface area contributed by atoms with Crippen LogP contribution in [0.15, 0.2) is 90.6 Å². The Balaban J connectivity index is 0.659. The Morgan fingerprint density at radius 2 is 1.67 bits per heavy atom. The Labute approximate surface area is 445 Å². The normalized spacial score (nSPS) is 18.6. The molecule has 3 aliphatic heterocycles. The lowest BCUT2D eigenvalue weighted by molar-refractivity contribution is -0.144. The minimum Gasteiger partial charge on any atom is -0.391 e. The van der Waals surface area contributed by atoms with Gasteiger partial charge in [-0.25, -0.2) is 23.9 Å². The molecule has 4 amide bonds. The molecule has 2 aromatic carbocycles. The van der Waals surface area contributed by atoms with Crippen LogP contribution in [0.3, 0.4) is 0 Å². The number of halogens is 1. The SMILES string of the molecule is Cc1ncsc1-c1ccc(CNC(=O)[C@@H]2C[C@@H](O)CN2C(=O)[C@@H](NC(=O)COCCOCCNC(=O)CN2CCN(c3cccc(-c4cnc5ccc(N6CCC[C@@H]6c6cccc(F)c6)nn45)n3)CC2)C(C)(C)C)cc1. The van der Waals surface area contributed by atoms with E-state index in [2.05, 4.69) is 40.6 Å². The van der Waals surface area contributed by atoms with Gasteiger partial charge in [0, 0.05) is 58.8 Å². The highest BCUT2D eigenvalue weighted by Gasteiger charge is 2.44. The molecule has 0 bridgehead atoms. The van der Waals surface area contributed by atoms with Gasteiger partial charge in [0.25, 0.3) is 0 Å². The van der Waals surface area contributed by atoms with Crippen LogP contribution in [0.25, 0.3) is 27.5 Å². The molecule has 4 N–H and O–H groups in total. The summed E-state index contributed by atoms with van der Waals surface area (Å²) in [7, 11) is 0. The predicted molar refractivity (Wildman–Crippen MR) is 287 cm³/mol. The lowest BCUT2D eigenvalue weighted by Crippen LogP contribution is -2.58. The number of ether oxygens (including phenoxy) is 2. The van der Waals surface area contributed by atoms with Crippen LogP contribution in [0.1, 0.15) is 62.9 Å². The number of aryl methyl sites for hydroxylation is 1. The Kier molecular flexibility index (Phi) is 17.3. The lowest BCUT2D eigenvalue weighted by atomic mass is 9.85. The number of benzene rings is 2. The van der Waals surface area contributed by atoms with E-state index < -0.39 is 35.4 Å². The molecule has 402 valence electrons. The number of nitrogens with zero attached hydrogens (tertiary/aromatic N) is 9. The van der Waals surface area contributed by atoms with E-state index in [1.165, 1.54) is 11.0 Å². The van der Waals surface area contributed by atoms with Crippen molar-refractivity contribution in [3.05, 3.63) is 113 Å². The minimum atomic E-state index is -0.987. The van der Waals surface area contributed by atoms with Crippen LogP contribution in [0.4, 0.5) is 16.0 Å². The standard InChI is InChI=1S/C55H67FN12O7S/c1-36-51(76-35-60-36)38-15-13-37(14-16-38)30-59-53(72)44-29-41(69)32-67(44)54(73)52(55(2,3)4)62-50(71)34-75-27-26-74-25-19-57-49(70)33-64-21-23-65(24-22-64)47-12-6-10-42(61-47)45-31-58-46-17-18-48(63-68(45)46)66-20-7-11-43(66)39-8-5-9-40(56)28-39/h5-6,8-10,12-18,28,31,35,41,43-44,52,69H,7,11,19-27,29-30,32-34H2,1-4H3,(H,57,70)(H,59,72)(H,62,71)/t41-,43-,44+,52-/m1/s1. The molecule has 0 saturated carbocycles. The number of carbonyl (C=O) groups is 4. The van der Waals surface area contributed by atoms with Gasteiger partial charge < -0.3 is 45.2 Å². The summed E-state index contributed by atoms with van der Waals surface area (Å²) >= 11 is 1.57. The molecule has 4 atom stereocenters. The second-order valence-electron chi connectivity index (χ2n) is 20.6. The second-order valence-corrected chi connectivity index (χ2v) is 21.5. The third-order valence-corrected chi connectivity index (χ3v) is 15.1. The molecule has 3 fully saturated rings. The molecule has 9 rings (SSSR count). The highest BCUT2D eigenvalue weighted by molar-refractivity contribution is 7.13. The van der Waals surface area contributed by atoms with Gasteiger partial charge in [-0.05, 0) is 78.3 Å². The van der Waals surface area contributed by atoms with Crippen LogP contribution in [-0.4, -0.2) is 160 Å². The van der Waals surface area contributed by atoms with Crippen molar-refractivity contribution in [1.82, 2.24) is 50.3 Å². The van der Waals surface area contributed by atoms with Crippen LogP contribution in [-0.2, 0) is 35.2 Å². The summed E-state index contributed by atoms with van der Waals surface area (Å²) in [5.74, 6) is -0.0662. The number of carbonyl (C=O) groups excluding carboxylic acids is 4. The van der Waals surface area contributed by atoms with Gasteiger partial charge in [-0.2, -0.15) is 0 Å². The van der Waals surface area contributed by atoms with Gasteiger partial charge in [-0.1, -0.05) is 63.2 Å². The van der Waals surface area contributed by atoms with Gasteiger partial charge >= 0.3 is 0 Å². The average molecular weight is 1060 g/mol. The molecule has 76 heavy (non-hydrogen) atoms. The number of aromatic nitrogens is 5. The first-order valence-electron chi connectivity index (χ1n) is 26.0. The fourth-order valence-corrected chi connectivity index (χ4v) is 10.9. The summed E-state index contributed by atoms with van der Waals surface area (Å²) in [6.07, 6.45) is 2.89. The maximum atomic E-state index is 14.1. The quantitative estimate of drug-likeness (QED) is 0.0759. The monoisotopic (exact) mass is 1060 g/mol. The summed E-state index contributed by atoms with van der Waals surface area (Å²) in [6, 6.07) is 22.6. The lowest BCUT2D eigenvalue weighted by Gasteiger charge is -2.35. The van der Waals surface area contributed by atoms with E-state index in [0.717, 1.165) is 69.7 Å². The highest BCUT2D eigenvalue weighted by atomic mass is 32.1. The number of amides is 4. The molecule has 4 aromatic heterocycles. The fourth-order valence-electron chi connectivity index (χ4n) is 10.1. The smallest absolute Gasteiger partial charge is 0.246 e. The number of aliphatic hydroxyl groups is 1. The van der Waals surface area contributed by atoms with Gasteiger partial charge in [0.05, 0.1) is 66.5 Å². The molecule has 0 unspecified atom stereocenters. The fraction of sp³-hybridized carbons (Fsp3) is 0.455. The molecule has 21 heteroatoms. The number of piperazine rings is 1. The first-order valence-corrected chi connectivity index (χ1v) is 26.9. The van der Waals surface area contributed by atoms with Crippen LogP contribution in [0, 0.1) is 18.2 Å². The summed E-state index contributed by atoms with van der Waals surface area (Å²) < 4.78 is 27.2. The van der Waals surface area contributed by atoms with E-state index in [9.17, 15) is 28.7 Å². The minimum absolute atomic E-state index is 0.0299. The van der Waals surface area contributed by atoms with Crippen molar-refractivity contribution in [3.63, 3.8) is 0 Å². The van der Waals surface area contributed by atoms with Crippen molar-refractivity contribution >= 4 is 52.2 Å².